The molecule has 0 radical (unpaired) electrons. The van der Waals surface area contributed by atoms with Crippen LogP contribution in [0.1, 0.15) is 15.3 Å². The number of nitrogens with one attached hydrogen (secondary N) is 2. The van der Waals surface area contributed by atoms with Crippen LogP contribution in [0.4, 0.5) is 4.79 Å². The quantitative estimate of drug-likeness (QED) is 0.817. The van der Waals surface area contributed by atoms with Gasteiger partial charge in [-0.05, 0) is 24.6 Å². The van der Waals surface area contributed by atoms with E-state index in [0.29, 0.717) is 24.6 Å². The maximum Gasteiger partial charge on any atom is 0.315 e. The van der Waals surface area contributed by atoms with Gasteiger partial charge in [-0.2, -0.15) is 0 Å². The molecule has 2 rings (SSSR count). The number of carbonyl (C=O) groups is 1. The fraction of sp³-hybridized carbons (Fsp3) is 0.312. The second-order valence-corrected chi connectivity index (χ2v) is 7.84. The van der Waals surface area contributed by atoms with Crippen LogP contribution in [0.2, 0.25) is 0 Å². The third kappa shape index (κ3) is 5.99. The summed E-state index contributed by atoms with van der Waals surface area (Å²) in [7, 11) is -0.964. The molecule has 0 saturated carbocycles. The average Bonchev–Trinajstić information content (AvgIpc) is 2.92. The van der Waals surface area contributed by atoms with Crippen LogP contribution in [0.25, 0.3) is 0 Å². The first-order valence-corrected chi connectivity index (χ1v) is 9.40. The first kappa shape index (κ1) is 16.7. The van der Waals surface area contributed by atoms with E-state index in [0.717, 1.165) is 10.4 Å². The van der Waals surface area contributed by atoms with Gasteiger partial charge in [0, 0.05) is 38.6 Å². The second kappa shape index (κ2) is 8.70. The molecule has 2 N–H and O–H groups in total. The van der Waals surface area contributed by atoms with Crippen LogP contribution in [0.15, 0.2) is 42.5 Å². The van der Waals surface area contributed by atoms with Crippen LogP contribution in [0, 0.1) is 6.92 Å². The highest BCUT2D eigenvalue weighted by molar-refractivity contribution is 7.84. The first-order valence-electron chi connectivity index (χ1n) is 7.09. The Labute approximate surface area is 137 Å². The molecule has 2 aromatic rings. The molecule has 1 aromatic heterocycles. The molecule has 0 aliphatic carbocycles. The lowest BCUT2D eigenvalue weighted by atomic mass is 10.2. The highest BCUT2D eigenvalue weighted by Crippen LogP contribution is 2.14. The van der Waals surface area contributed by atoms with E-state index in [1.807, 2.05) is 49.4 Å². The van der Waals surface area contributed by atoms with Gasteiger partial charge in [0.25, 0.3) is 0 Å². The Balaban J connectivity index is 1.61. The van der Waals surface area contributed by atoms with Crippen molar-refractivity contribution in [3.8, 4) is 0 Å². The minimum absolute atomic E-state index is 0.220. The minimum atomic E-state index is -0.964. The molecular formula is C16H20N2O2S2. The number of hydrogen-bond acceptors (Lipinski definition) is 3. The zero-order valence-electron chi connectivity index (χ0n) is 12.5. The van der Waals surface area contributed by atoms with Gasteiger partial charge in [0.15, 0.2) is 0 Å². The Morgan fingerprint density at radius 1 is 1.14 bits per heavy atom. The Morgan fingerprint density at radius 2 is 1.91 bits per heavy atom. The van der Waals surface area contributed by atoms with E-state index in [-0.39, 0.29) is 6.03 Å². The monoisotopic (exact) mass is 336 g/mol. The molecule has 0 fully saturated rings. The van der Waals surface area contributed by atoms with Crippen LogP contribution in [-0.2, 0) is 23.1 Å². The molecule has 6 heteroatoms. The molecular weight excluding hydrogens is 316 g/mol. The van der Waals surface area contributed by atoms with Crippen molar-refractivity contribution in [1.82, 2.24) is 10.6 Å². The smallest absolute Gasteiger partial charge is 0.315 e. The van der Waals surface area contributed by atoms with Crippen molar-refractivity contribution >= 4 is 28.2 Å². The van der Waals surface area contributed by atoms with E-state index in [1.54, 1.807) is 11.3 Å². The largest absolute Gasteiger partial charge is 0.337 e. The van der Waals surface area contributed by atoms with Crippen LogP contribution < -0.4 is 10.6 Å². The summed E-state index contributed by atoms with van der Waals surface area (Å²) >= 11 is 1.67. The number of benzene rings is 1. The van der Waals surface area contributed by atoms with Crippen LogP contribution in [-0.4, -0.2) is 22.5 Å². The highest BCUT2D eigenvalue weighted by Gasteiger charge is 2.04. The molecule has 0 spiro atoms. The summed E-state index contributed by atoms with van der Waals surface area (Å²) < 4.78 is 11.9. The van der Waals surface area contributed by atoms with Gasteiger partial charge in [0.1, 0.15) is 0 Å². The fourth-order valence-corrected chi connectivity index (χ4v) is 3.79. The number of amides is 2. The number of urea groups is 1. The highest BCUT2D eigenvalue weighted by atomic mass is 32.2. The zero-order chi connectivity index (χ0) is 15.8. The first-order chi connectivity index (χ1) is 10.6. The lowest BCUT2D eigenvalue weighted by Crippen LogP contribution is -2.37. The van der Waals surface area contributed by atoms with Crippen molar-refractivity contribution in [3.05, 3.63) is 57.8 Å². The maximum absolute atomic E-state index is 11.9. The van der Waals surface area contributed by atoms with Gasteiger partial charge in [0.2, 0.25) is 0 Å². The molecule has 1 aromatic carbocycles. The van der Waals surface area contributed by atoms with Crippen molar-refractivity contribution in [2.45, 2.75) is 19.2 Å². The number of thiophene rings is 1. The summed E-state index contributed by atoms with van der Waals surface area (Å²) in [6.07, 6.45) is 0. The fourth-order valence-electron chi connectivity index (χ4n) is 1.92. The van der Waals surface area contributed by atoms with Gasteiger partial charge in [-0.15, -0.1) is 11.3 Å². The summed E-state index contributed by atoms with van der Waals surface area (Å²) in [5.41, 5.74) is 1.05. The minimum Gasteiger partial charge on any atom is -0.337 e. The van der Waals surface area contributed by atoms with Gasteiger partial charge in [-0.3, -0.25) is 4.21 Å². The number of hydrogen-bond donors (Lipinski definition) is 2. The SMILES string of the molecule is Cc1ccc(CNC(=O)NCCS(=O)Cc2ccccc2)s1. The molecule has 118 valence electrons. The molecule has 0 saturated heterocycles. The lowest BCUT2D eigenvalue weighted by Gasteiger charge is -2.07. The Morgan fingerprint density at radius 3 is 2.59 bits per heavy atom. The van der Waals surface area contributed by atoms with Gasteiger partial charge in [-0.25, -0.2) is 4.79 Å². The van der Waals surface area contributed by atoms with E-state index in [4.69, 9.17) is 0 Å². The molecule has 2 amide bonds. The predicted octanol–water partition coefficient (Wildman–Crippen LogP) is 2.80. The van der Waals surface area contributed by atoms with Crippen LogP contribution >= 0.6 is 11.3 Å². The lowest BCUT2D eigenvalue weighted by molar-refractivity contribution is 0.241. The number of aryl methyl sites for hydroxylation is 1. The predicted molar refractivity (Wildman–Crippen MR) is 92.4 cm³/mol. The summed E-state index contributed by atoms with van der Waals surface area (Å²) in [5.74, 6) is 0.985. The van der Waals surface area contributed by atoms with E-state index < -0.39 is 10.8 Å². The van der Waals surface area contributed by atoms with Gasteiger partial charge >= 0.3 is 6.03 Å². The summed E-state index contributed by atoms with van der Waals surface area (Å²) in [6.45, 7) is 2.97. The topological polar surface area (TPSA) is 58.2 Å². The molecule has 4 nitrogen and oxygen atoms in total. The van der Waals surface area contributed by atoms with Crippen molar-refractivity contribution in [2.75, 3.05) is 12.3 Å². The normalized spacial score (nSPS) is 11.9. The second-order valence-electron chi connectivity index (χ2n) is 4.90. The van der Waals surface area contributed by atoms with E-state index in [9.17, 15) is 9.00 Å². The Kier molecular flexibility index (Phi) is 6.61. The van der Waals surface area contributed by atoms with Crippen LogP contribution in [0.5, 0.6) is 0 Å². The summed E-state index contributed by atoms with van der Waals surface area (Å²) in [4.78, 5) is 14.0. The van der Waals surface area contributed by atoms with E-state index in [2.05, 4.69) is 10.6 Å². The van der Waals surface area contributed by atoms with Gasteiger partial charge in [0.05, 0.1) is 6.54 Å². The summed E-state index contributed by atoms with van der Waals surface area (Å²) in [5, 5.41) is 5.54. The molecule has 0 aliphatic rings. The molecule has 1 unspecified atom stereocenters. The Bertz CT molecular complexity index is 626. The molecule has 1 atom stereocenters. The van der Waals surface area contributed by atoms with Crippen molar-refractivity contribution < 1.29 is 9.00 Å². The molecule has 1 heterocycles. The van der Waals surface area contributed by atoms with Crippen molar-refractivity contribution in [1.29, 1.82) is 0 Å². The molecule has 22 heavy (non-hydrogen) atoms. The third-order valence-corrected chi connectivity index (χ3v) is 5.32. The molecule has 0 aliphatic heterocycles. The maximum atomic E-state index is 11.9. The number of rotatable bonds is 7. The third-order valence-electron chi connectivity index (χ3n) is 3.00. The van der Waals surface area contributed by atoms with Crippen molar-refractivity contribution in [2.24, 2.45) is 0 Å². The van der Waals surface area contributed by atoms with E-state index >= 15 is 0 Å². The van der Waals surface area contributed by atoms with E-state index in [1.165, 1.54) is 4.88 Å². The average molecular weight is 336 g/mol. The zero-order valence-corrected chi connectivity index (χ0v) is 14.1. The Hall–Kier alpha value is -1.66. The van der Waals surface area contributed by atoms with Gasteiger partial charge < -0.3 is 10.6 Å². The summed E-state index contributed by atoms with van der Waals surface area (Å²) in [6, 6.07) is 13.6. The van der Waals surface area contributed by atoms with Crippen molar-refractivity contribution in [3.63, 3.8) is 0 Å². The molecule has 0 bridgehead atoms. The number of carbonyl (C=O) groups excluding carboxylic acids is 1. The van der Waals surface area contributed by atoms with Crippen LogP contribution in [0.3, 0.4) is 0 Å². The van der Waals surface area contributed by atoms with Gasteiger partial charge in [-0.1, -0.05) is 30.3 Å². The standard InChI is InChI=1S/C16H20N2O2S2/c1-13-7-8-15(21-13)11-18-16(19)17-9-10-22(20)12-14-5-3-2-4-6-14/h2-8H,9-12H2,1H3,(H2,17,18,19).